The van der Waals surface area contributed by atoms with Gasteiger partial charge in [0.15, 0.2) is 0 Å². The van der Waals surface area contributed by atoms with Crippen LogP contribution in [0.2, 0.25) is 0 Å². The lowest BCUT2D eigenvalue weighted by molar-refractivity contribution is 0.0682. The molecular weight excluding hydrogens is 452 g/mol. The van der Waals surface area contributed by atoms with E-state index < -0.39 is 10.0 Å². The number of rotatable bonds is 5. The summed E-state index contributed by atoms with van der Waals surface area (Å²) < 4.78 is 32.4. The number of carbonyl (C=O) groups excluding carboxylic acids is 1. The van der Waals surface area contributed by atoms with Crippen molar-refractivity contribution in [1.82, 2.24) is 19.6 Å². The number of hydrogen-bond donors (Lipinski definition) is 2. The smallest absolute Gasteiger partial charge is 0.410 e. The summed E-state index contributed by atoms with van der Waals surface area (Å²) in [5.41, 5.74) is 4.58. The van der Waals surface area contributed by atoms with E-state index in [0.717, 1.165) is 65.4 Å². The van der Waals surface area contributed by atoms with Crippen LogP contribution in [-0.4, -0.2) is 55.6 Å². The number of nitrogens with one attached hydrogen (secondary N) is 2. The molecule has 1 fully saturated rings. The fourth-order valence-electron chi connectivity index (χ4n) is 4.69. The maximum absolute atomic E-state index is 12.5. The Bertz CT molecular complexity index is 1360. The van der Waals surface area contributed by atoms with Crippen LogP contribution in [0.5, 0.6) is 0 Å². The number of hydrogen-bond acceptors (Lipinski definition) is 5. The van der Waals surface area contributed by atoms with Crippen molar-refractivity contribution < 1.29 is 17.9 Å². The van der Waals surface area contributed by atoms with Crippen molar-refractivity contribution in [2.75, 3.05) is 20.1 Å². The summed E-state index contributed by atoms with van der Waals surface area (Å²) in [6.07, 6.45) is 10.5. The predicted octanol–water partition coefficient (Wildman–Crippen LogP) is 4.31. The van der Waals surface area contributed by atoms with E-state index in [9.17, 15) is 13.2 Å². The molecule has 1 saturated carbocycles. The molecule has 0 saturated heterocycles. The van der Waals surface area contributed by atoms with Gasteiger partial charge in [0.1, 0.15) is 11.8 Å². The van der Waals surface area contributed by atoms with Crippen molar-refractivity contribution >= 4 is 32.7 Å². The molecule has 0 atom stereocenters. The Morgan fingerprint density at radius 1 is 1.21 bits per heavy atom. The molecule has 1 amide bonds. The third-order valence-electron chi connectivity index (χ3n) is 6.66. The Morgan fingerprint density at radius 2 is 2.03 bits per heavy atom. The van der Waals surface area contributed by atoms with Gasteiger partial charge in [-0.15, -0.1) is 0 Å². The number of sulfonamides is 1. The summed E-state index contributed by atoms with van der Waals surface area (Å²) >= 11 is 0. The summed E-state index contributed by atoms with van der Waals surface area (Å²) in [6, 6.07) is 8.84. The first-order valence-electron chi connectivity index (χ1n) is 11.6. The van der Waals surface area contributed by atoms with Crippen molar-refractivity contribution in [2.45, 2.75) is 43.1 Å². The molecule has 2 N–H and O–H groups in total. The van der Waals surface area contributed by atoms with Gasteiger partial charge < -0.3 is 14.6 Å². The van der Waals surface area contributed by atoms with Crippen LogP contribution >= 0.6 is 0 Å². The first-order chi connectivity index (χ1) is 16.4. The Hall–Kier alpha value is -3.17. The van der Waals surface area contributed by atoms with E-state index in [2.05, 4.69) is 20.8 Å². The Morgan fingerprint density at radius 3 is 2.76 bits per heavy atom. The van der Waals surface area contributed by atoms with E-state index in [1.807, 2.05) is 18.3 Å². The van der Waals surface area contributed by atoms with Crippen LogP contribution in [0.15, 0.2) is 53.7 Å². The summed E-state index contributed by atoms with van der Waals surface area (Å²) in [7, 11) is -2.14. The number of aromatic nitrogens is 2. The fraction of sp³-hybridized carbons (Fsp3) is 0.360. The molecule has 0 unspecified atom stereocenters. The zero-order valence-electron chi connectivity index (χ0n) is 19.1. The Labute approximate surface area is 199 Å². The lowest BCUT2D eigenvalue weighted by atomic mass is 9.98. The second-order valence-electron chi connectivity index (χ2n) is 8.77. The summed E-state index contributed by atoms with van der Waals surface area (Å²) in [5.74, 6) is 0. The highest BCUT2D eigenvalue weighted by atomic mass is 32.2. The minimum Gasteiger partial charge on any atom is -0.446 e. The summed E-state index contributed by atoms with van der Waals surface area (Å²) in [6.45, 7) is 1.13. The average Bonchev–Trinajstić information content (AvgIpc) is 3.53. The lowest BCUT2D eigenvalue weighted by Crippen LogP contribution is -2.36. The SMILES string of the molecule is CNS(=O)(=O)c1cccc(-c2cnc3[nH]cc(C4=CCN(C(=O)OC5CCCC5)CC4)c3c2)c1. The van der Waals surface area contributed by atoms with Crippen LogP contribution in [0.3, 0.4) is 0 Å². The van der Waals surface area contributed by atoms with E-state index in [4.69, 9.17) is 4.74 Å². The van der Waals surface area contributed by atoms with Crippen LogP contribution in [-0.2, 0) is 14.8 Å². The highest BCUT2D eigenvalue weighted by Crippen LogP contribution is 2.32. The number of benzene rings is 1. The molecule has 0 bridgehead atoms. The quantitative estimate of drug-likeness (QED) is 0.566. The van der Waals surface area contributed by atoms with Crippen LogP contribution in [0.25, 0.3) is 27.7 Å². The number of ether oxygens (including phenoxy) is 1. The van der Waals surface area contributed by atoms with Gasteiger partial charge in [0.05, 0.1) is 4.90 Å². The number of nitrogens with zero attached hydrogens (tertiary/aromatic N) is 2. The number of aromatic amines is 1. The highest BCUT2D eigenvalue weighted by Gasteiger charge is 2.25. The number of fused-ring (bicyclic) bond motifs is 1. The lowest BCUT2D eigenvalue weighted by Gasteiger charge is -2.27. The second-order valence-corrected chi connectivity index (χ2v) is 10.7. The molecule has 0 spiro atoms. The molecule has 0 radical (unpaired) electrons. The molecule has 2 aliphatic rings. The van der Waals surface area contributed by atoms with Gasteiger partial charge >= 0.3 is 6.09 Å². The maximum atomic E-state index is 12.5. The van der Waals surface area contributed by atoms with Gasteiger partial charge in [-0.25, -0.2) is 22.9 Å². The van der Waals surface area contributed by atoms with Crippen molar-refractivity contribution in [3.63, 3.8) is 0 Å². The van der Waals surface area contributed by atoms with Gasteiger partial charge in [-0.05, 0) is 68.5 Å². The van der Waals surface area contributed by atoms with Gasteiger partial charge in [-0.2, -0.15) is 0 Å². The molecule has 5 rings (SSSR count). The first kappa shape index (κ1) is 22.6. The van der Waals surface area contributed by atoms with Crippen molar-refractivity contribution in [2.24, 2.45) is 0 Å². The molecule has 1 aliphatic carbocycles. The number of H-pyrrole nitrogens is 1. The maximum Gasteiger partial charge on any atom is 0.410 e. The van der Waals surface area contributed by atoms with E-state index in [1.165, 1.54) is 7.05 Å². The minimum atomic E-state index is -3.53. The molecular formula is C25H28N4O4S. The van der Waals surface area contributed by atoms with Gasteiger partial charge in [0.25, 0.3) is 0 Å². The van der Waals surface area contributed by atoms with E-state index in [1.54, 1.807) is 29.3 Å². The topological polar surface area (TPSA) is 104 Å². The molecule has 2 aromatic heterocycles. The van der Waals surface area contributed by atoms with Gasteiger partial charge in [0, 0.05) is 42.0 Å². The predicted molar refractivity (Wildman–Crippen MR) is 131 cm³/mol. The highest BCUT2D eigenvalue weighted by molar-refractivity contribution is 7.89. The zero-order chi connectivity index (χ0) is 23.7. The molecule has 178 valence electrons. The normalized spacial score (nSPS) is 17.2. The standard InChI is InChI=1S/C25H28N4O4S/c1-26-34(31,32)21-8-4-5-18(13-21)19-14-22-23(16-28-24(22)27-15-19)17-9-11-29(12-10-17)25(30)33-20-6-2-3-7-20/h4-5,8-9,13-16,20,26H,2-3,6-7,10-12H2,1H3,(H,27,28). The van der Waals surface area contributed by atoms with E-state index in [-0.39, 0.29) is 17.1 Å². The molecule has 3 heterocycles. The van der Waals surface area contributed by atoms with Crippen LogP contribution in [0.1, 0.15) is 37.7 Å². The monoisotopic (exact) mass is 480 g/mol. The molecule has 34 heavy (non-hydrogen) atoms. The van der Waals surface area contributed by atoms with E-state index in [0.29, 0.717) is 13.1 Å². The molecule has 3 aromatic rings. The van der Waals surface area contributed by atoms with Crippen LogP contribution in [0.4, 0.5) is 4.79 Å². The minimum absolute atomic E-state index is 0.0672. The Kier molecular flexibility index (Phi) is 6.14. The van der Waals surface area contributed by atoms with Gasteiger partial charge in [-0.1, -0.05) is 18.2 Å². The third-order valence-corrected chi connectivity index (χ3v) is 8.07. The second kappa shape index (κ2) is 9.23. The molecule has 9 heteroatoms. The molecule has 1 aliphatic heterocycles. The van der Waals surface area contributed by atoms with Crippen molar-refractivity contribution in [3.05, 3.63) is 54.4 Å². The average molecular weight is 481 g/mol. The summed E-state index contributed by atoms with van der Waals surface area (Å²) in [4.78, 5) is 22.2. The van der Waals surface area contributed by atoms with Gasteiger partial charge in [-0.3, -0.25) is 0 Å². The largest absolute Gasteiger partial charge is 0.446 e. The molecule has 8 nitrogen and oxygen atoms in total. The van der Waals surface area contributed by atoms with Crippen molar-refractivity contribution in [3.8, 4) is 11.1 Å². The van der Waals surface area contributed by atoms with Crippen LogP contribution in [0, 0.1) is 0 Å². The van der Waals surface area contributed by atoms with Crippen molar-refractivity contribution in [1.29, 1.82) is 0 Å². The van der Waals surface area contributed by atoms with Gasteiger partial charge in [0.2, 0.25) is 10.0 Å². The number of amides is 1. The Balaban J connectivity index is 1.38. The number of carbonyl (C=O) groups is 1. The fourth-order valence-corrected chi connectivity index (χ4v) is 5.47. The first-order valence-corrected chi connectivity index (χ1v) is 13.1. The molecule has 1 aromatic carbocycles. The zero-order valence-corrected chi connectivity index (χ0v) is 19.9. The van der Waals surface area contributed by atoms with Crippen LogP contribution < -0.4 is 4.72 Å². The number of pyridine rings is 1. The third kappa shape index (κ3) is 4.45. The van der Waals surface area contributed by atoms with E-state index >= 15 is 0 Å². The summed E-state index contributed by atoms with van der Waals surface area (Å²) in [5, 5.41) is 0.965.